The Kier molecular flexibility index (Phi) is 26.9. The number of halogens is 3. The zero-order valence-electron chi connectivity index (χ0n) is 53.4. The average molecular weight is 1420 g/mol. The van der Waals surface area contributed by atoms with Crippen molar-refractivity contribution in [3.8, 4) is 5.75 Å². The van der Waals surface area contributed by atoms with Gasteiger partial charge in [-0.3, -0.25) is 5.41 Å². The molecule has 7 aromatic carbocycles. The molecule has 0 bridgehead atoms. The molecule has 15 atom stereocenters. The van der Waals surface area contributed by atoms with E-state index in [9.17, 15) is 20.7 Å². The molecule has 0 spiro atoms. The van der Waals surface area contributed by atoms with E-state index in [-0.39, 0.29) is 44.2 Å². The van der Waals surface area contributed by atoms with Gasteiger partial charge in [-0.1, -0.05) is 215 Å². The number of methoxy groups -OCH3 is 2. The highest BCUT2D eigenvalue weighted by Crippen LogP contribution is 2.40. The lowest BCUT2D eigenvalue weighted by Gasteiger charge is -2.50. The summed E-state index contributed by atoms with van der Waals surface area (Å²) in [7, 11) is 2.64. The van der Waals surface area contributed by atoms with Crippen molar-refractivity contribution in [3.63, 3.8) is 0 Å². The molecule has 0 amide bonds. The van der Waals surface area contributed by atoms with Crippen molar-refractivity contribution in [2.24, 2.45) is 10.2 Å². The highest BCUT2D eigenvalue weighted by Gasteiger charge is 2.59. The summed E-state index contributed by atoms with van der Waals surface area (Å²) in [5.74, 6) is -3.11. The molecule has 518 valence electrons. The van der Waals surface area contributed by atoms with Crippen LogP contribution in [0.15, 0.2) is 216 Å². The third-order valence-corrected chi connectivity index (χ3v) is 16.6. The molecule has 3 saturated heterocycles. The van der Waals surface area contributed by atoms with Gasteiger partial charge < -0.3 is 71.1 Å². The Morgan fingerprint density at radius 3 is 1.39 bits per heavy atom. The normalized spacial score (nSPS) is 25.1. The molecule has 0 aliphatic carbocycles. The monoisotopic (exact) mass is 1410 g/mol. The summed E-state index contributed by atoms with van der Waals surface area (Å²) in [6, 6.07) is 56.3. The Morgan fingerprint density at radius 1 is 0.465 bits per heavy atom. The summed E-state index contributed by atoms with van der Waals surface area (Å²) < 4.78 is 95.2. The Bertz CT molecular complexity index is 3800. The first-order chi connectivity index (χ1) is 48.2. The van der Waals surface area contributed by atoms with Crippen LogP contribution in [0.4, 0.5) is 0 Å². The molecule has 1 N–H and O–H groups in total. The maximum Gasteiger partial charge on any atom is 0.338 e. The fourth-order valence-corrected chi connectivity index (χ4v) is 11.3. The number of hydrogen-bond acceptors (Lipinski definition) is 21. The van der Waals surface area contributed by atoms with Gasteiger partial charge in [0.1, 0.15) is 79.4 Å². The third kappa shape index (κ3) is 20.0. The van der Waals surface area contributed by atoms with E-state index in [1.165, 1.54) is 19.2 Å². The summed E-state index contributed by atoms with van der Waals surface area (Å²) in [6.07, 6.45) is -20.9. The van der Waals surface area contributed by atoms with E-state index in [1.54, 1.807) is 121 Å². The van der Waals surface area contributed by atoms with Crippen LogP contribution >= 0.6 is 34.8 Å². The quantitative estimate of drug-likeness (QED) is 0.00639. The summed E-state index contributed by atoms with van der Waals surface area (Å²) in [5.41, 5.74) is 24.6. The summed E-state index contributed by atoms with van der Waals surface area (Å²) in [4.78, 5) is 49.8. The van der Waals surface area contributed by atoms with Crippen LogP contribution in [0.2, 0.25) is 0 Å². The van der Waals surface area contributed by atoms with Gasteiger partial charge in [-0.2, -0.15) is 0 Å². The van der Waals surface area contributed by atoms with E-state index < -0.39 is 133 Å². The molecule has 0 aromatic heterocycles. The second-order valence-electron chi connectivity index (χ2n) is 22.7. The fourth-order valence-electron chi connectivity index (χ4n) is 11.2. The lowest BCUT2D eigenvalue weighted by atomic mass is 9.94. The average Bonchev–Trinajstić information content (AvgIpc) is 0.765. The molecule has 3 heterocycles. The zero-order chi connectivity index (χ0) is 69.5. The van der Waals surface area contributed by atoms with Gasteiger partial charge in [0.2, 0.25) is 12.2 Å². The molecule has 0 saturated carbocycles. The highest BCUT2D eigenvalue weighted by molar-refractivity contribution is 6.76. The predicted molar refractivity (Wildman–Crippen MR) is 358 cm³/mol. The van der Waals surface area contributed by atoms with Crippen molar-refractivity contribution in [1.82, 2.24) is 0 Å². The Labute approximate surface area is 584 Å². The summed E-state index contributed by atoms with van der Waals surface area (Å²) in [6.45, 7) is -1.44. The number of nitrogens with zero attached hydrogens (tertiary/aromatic N) is 6. The topological polar surface area (TPSA) is 311 Å². The number of esters is 3. The maximum atomic E-state index is 15.0. The van der Waals surface area contributed by atoms with Gasteiger partial charge >= 0.3 is 17.9 Å². The van der Waals surface area contributed by atoms with Crippen LogP contribution in [0.5, 0.6) is 5.75 Å². The molecule has 99 heavy (non-hydrogen) atoms. The van der Waals surface area contributed by atoms with Crippen LogP contribution in [-0.4, -0.2) is 147 Å². The highest BCUT2D eigenvalue weighted by atomic mass is 35.6. The Morgan fingerprint density at radius 2 is 0.899 bits per heavy atom. The van der Waals surface area contributed by atoms with E-state index in [0.717, 1.165) is 18.2 Å². The van der Waals surface area contributed by atoms with Crippen LogP contribution in [0.1, 0.15) is 48.5 Å². The SMILES string of the molecule is COC(=O)C1O[C@@H](O[C@@H]2C(COCc3ccc(OC)cc3)OC(OC(=N)C(Cl)(Cl)Cl)C(N=[N+]=[N-])[C@H]2OC(=O)c2ccccc2)C(OCc2ccccc2)[C@H](OCc2ccccc2)[C@@H]1O[C@@H]1OC(COC(=O)c2ccccc2)[C@@H](OCc2ccccc2)[C@H](OCc2ccccc2)C1N=[N+]=[N-]. The van der Waals surface area contributed by atoms with Crippen molar-refractivity contribution in [2.75, 3.05) is 27.4 Å². The van der Waals surface area contributed by atoms with E-state index >= 15 is 4.79 Å². The minimum atomic E-state index is -2.49. The zero-order valence-corrected chi connectivity index (χ0v) is 55.7. The van der Waals surface area contributed by atoms with Crippen LogP contribution in [0.25, 0.3) is 20.9 Å². The van der Waals surface area contributed by atoms with Crippen LogP contribution in [0, 0.1) is 5.41 Å². The predicted octanol–water partition coefficient (Wildman–Crippen LogP) is 12.5. The van der Waals surface area contributed by atoms with Gasteiger partial charge in [0.15, 0.2) is 18.7 Å². The van der Waals surface area contributed by atoms with E-state index in [4.69, 9.17) is 111 Å². The third-order valence-electron chi connectivity index (χ3n) is 16.1. The molecular weight excluding hydrogens is 1350 g/mol. The van der Waals surface area contributed by atoms with Crippen molar-refractivity contribution >= 4 is 58.6 Å². The van der Waals surface area contributed by atoms with Crippen LogP contribution in [-0.2, 0) is 104 Å². The van der Waals surface area contributed by atoms with Gasteiger partial charge in [-0.25, -0.2) is 14.4 Å². The molecule has 7 aromatic rings. The molecule has 10 rings (SSSR count). The largest absolute Gasteiger partial charge is 0.497 e. The van der Waals surface area contributed by atoms with E-state index in [1.807, 2.05) is 72.8 Å². The van der Waals surface area contributed by atoms with Gasteiger partial charge in [0, 0.05) is 9.82 Å². The van der Waals surface area contributed by atoms with Crippen molar-refractivity contribution in [1.29, 1.82) is 5.41 Å². The lowest BCUT2D eigenvalue weighted by Crippen LogP contribution is -2.68. The number of benzene rings is 7. The van der Waals surface area contributed by atoms with Gasteiger partial charge in [-0.05, 0) is 75.3 Å². The maximum absolute atomic E-state index is 15.0. The lowest BCUT2D eigenvalue weighted by molar-refractivity contribution is -0.370. The van der Waals surface area contributed by atoms with E-state index in [0.29, 0.717) is 22.4 Å². The first-order valence-electron chi connectivity index (χ1n) is 31.3. The number of azide groups is 2. The molecule has 3 aliphatic rings. The van der Waals surface area contributed by atoms with Crippen LogP contribution in [0.3, 0.4) is 0 Å². The second kappa shape index (κ2) is 36.4. The Balaban J connectivity index is 1.10. The van der Waals surface area contributed by atoms with Crippen molar-refractivity contribution < 1.29 is 85.4 Å². The number of alkyl halides is 3. The van der Waals surface area contributed by atoms with Gasteiger partial charge in [0.25, 0.3) is 3.79 Å². The molecule has 3 fully saturated rings. The fraction of sp³-hybridized carbons (Fsp3) is 0.352. The number of carbonyl (C=O) groups is 3. The smallest absolute Gasteiger partial charge is 0.338 e. The Hall–Kier alpha value is -8.69. The summed E-state index contributed by atoms with van der Waals surface area (Å²) >= 11 is 18.5. The standard InChI is InChI=1S/C71H70Cl3N7O18/c1-85-51-35-33-48(34-36-51)37-87-42-52-57(59(95-65(83)50-31-19-8-20-32-50)55(79-81-77)68(93-52)99-70(75)71(72,73)74)96-69-63(91-41-47-27-15-6-16-28-47)60(90-40-46-25-13-5-14-26-46)61(62(98-69)66(84)86-2)97-67-54(78-80-76)58(89-39-45-23-11-4-12-24-45)56(88-38-44-21-9-3-10-22-44)53(94-67)43-92-64(82)49-29-17-7-18-30-49/h3-36,52-63,67-69,75H,37-43H2,1-2H3/t52?,53?,54?,55?,56-,57-,58-,59-,60-,61+,62?,63?,67+,68?,69-/m1/s1. The number of hydrogen-bond donors (Lipinski definition) is 1. The van der Waals surface area contributed by atoms with Gasteiger partial charge in [-0.15, -0.1) is 0 Å². The first-order valence-corrected chi connectivity index (χ1v) is 32.4. The van der Waals surface area contributed by atoms with Gasteiger partial charge in [0.05, 0.1) is 65.0 Å². The molecule has 28 heteroatoms. The minimum absolute atomic E-state index is 0.0141. The molecule has 0 radical (unpaired) electrons. The molecular formula is C71H70Cl3N7O18. The number of nitrogens with one attached hydrogen (secondary N) is 1. The van der Waals surface area contributed by atoms with Crippen molar-refractivity contribution in [2.45, 2.75) is 129 Å². The number of carbonyl (C=O) groups excluding carboxylic acids is 3. The number of ether oxygens (including phenoxy) is 15. The first kappa shape index (κ1) is 73.0. The second-order valence-corrected chi connectivity index (χ2v) is 25.0. The summed E-state index contributed by atoms with van der Waals surface area (Å²) in [5, 5.41) is 17.0. The molecule has 25 nitrogen and oxygen atoms in total. The minimum Gasteiger partial charge on any atom is -0.497 e. The van der Waals surface area contributed by atoms with Crippen molar-refractivity contribution in [3.05, 3.63) is 266 Å². The van der Waals surface area contributed by atoms with E-state index in [2.05, 4.69) is 20.1 Å². The molecule has 7 unspecified atom stereocenters. The molecule has 3 aliphatic heterocycles. The van der Waals surface area contributed by atoms with Crippen LogP contribution < -0.4 is 4.74 Å². The number of rotatable bonds is 30.